The number of rotatable bonds is 4. The molecule has 0 aromatic heterocycles. The fraction of sp³-hybridized carbons (Fsp3) is 0.385. The number of benzene rings is 1. The minimum atomic E-state index is -1.38. The summed E-state index contributed by atoms with van der Waals surface area (Å²) in [5.41, 5.74) is 1.43. The molecule has 0 amide bonds. The van der Waals surface area contributed by atoms with Crippen LogP contribution in [0.4, 0.5) is 0 Å². The Labute approximate surface area is 93.5 Å². The van der Waals surface area contributed by atoms with Crippen molar-refractivity contribution in [1.29, 1.82) is 0 Å². The molecule has 2 heteroatoms. The standard InChI is InChI=1S/C13H18OSi/c1-5-11-14-13(15(2,3)4)12-9-7-6-8-10-12/h1,6-10,13H,11H2,2-4H3. The molecule has 1 aromatic carbocycles. The Balaban J connectivity index is 2.88. The zero-order valence-corrected chi connectivity index (χ0v) is 10.7. The largest absolute Gasteiger partial charge is 0.364 e. The Bertz CT molecular complexity index is 332. The van der Waals surface area contributed by atoms with Gasteiger partial charge in [-0.25, -0.2) is 0 Å². The quantitative estimate of drug-likeness (QED) is 0.557. The van der Waals surface area contributed by atoms with E-state index in [4.69, 9.17) is 11.2 Å². The van der Waals surface area contributed by atoms with Crippen molar-refractivity contribution in [1.82, 2.24) is 0 Å². The van der Waals surface area contributed by atoms with Crippen LogP contribution >= 0.6 is 0 Å². The van der Waals surface area contributed by atoms with E-state index in [9.17, 15) is 0 Å². The summed E-state index contributed by atoms with van der Waals surface area (Å²) in [6, 6.07) is 10.3. The van der Waals surface area contributed by atoms with Crippen molar-refractivity contribution >= 4 is 8.07 Å². The van der Waals surface area contributed by atoms with Gasteiger partial charge in [0, 0.05) is 0 Å². The van der Waals surface area contributed by atoms with Crippen LogP contribution in [-0.4, -0.2) is 14.7 Å². The summed E-state index contributed by atoms with van der Waals surface area (Å²) >= 11 is 0. The smallest absolute Gasteiger partial charge is 0.107 e. The lowest BCUT2D eigenvalue weighted by Crippen LogP contribution is -2.33. The second-order valence-electron chi connectivity index (χ2n) is 4.67. The number of terminal acetylenes is 1. The fourth-order valence-corrected chi connectivity index (χ4v) is 3.38. The van der Waals surface area contributed by atoms with Crippen molar-refractivity contribution in [3.63, 3.8) is 0 Å². The van der Waals surface area contributed by atoms with E-state index in [0.29, 0.717) is 6.61 Å². The summed E-state index contributed by atoms with van der Waals surface area (Å²) in [5, 5.41) is 0. The first-order chi connectivity index (χ1) is 7.05. The number of ether oxygens (including phenoxy) is 1. The van der Waals surface area contributed by atoms with Gasteiger partial charge in [-0.05, 0) is 5.56 Å². The van der Waals surface area contributed by atoms with Crippen LogP contribution in [0.1, 0.15) is 11.3 Å². The lowest BCUT2D eigenvalue weighted by atomic mass is 10.2. The third kappa shape index (κ3) is 3.54. The Morgan fingerprint density at radius 3 is 2.33 bits per heavy atom. The summed E-state index contributed by atoms with van der Waals surface area (Å²) in [6.07, 6.45) is 5.24. The maximum absolute atomic E-state index is 5.77. The summed E-state index contributed by atoms with van der Waals surface area (Å²) < 4.78 is 5.77. The van der Waals surface area contributed by atoms with Crippen LogP contribution in [0.5, 0.6) is 0 Å². The SMILES string of the molecule is C#CCOC(c1ccccc1)[Si](C)(C)C. The van der Waals surface area contributed by atoms with Gasteiger partial charge >= 0.3 is 0 Å². The molecular formula is C13H18OSi. The molecule has 0 spiro atoms. The van der Waals surface area contributed by atoms with E-state index in [1.165, 1.54) is 5.56 Å². The highest BCUT2D eigenvalue weighted by Gasteiger charge is 2.28. The molecule has 0 radical (unpaired) electrons. The lowest BCUT2D eigenvalue weighted by Gasteiger charge is -2.28. The second kappa shape index (κ2) is 5.15. The van der Waals surface area contributed by atoms with Crippen molar-refractivity contribution in [3.8, 4) is 12.3 Å². The van der Waals surface area contributed by atoms with E-state index in [1.807, 2.05) is 18.2 Å². The predicted molar refractivity (Wildman–Crippen MR) is 67.3 cm³/mol. The average molecular weight is 218 g/mol. The zero-order chi connectivity index (χ0) is 11.3. The van der Waals surface area contributed by atoms with Crippen LogP contribution in [-0.2, 0) is 4.74 Å². The molecule has 0 saturated heterocycles. The van der Waals surface area contributed by atoms with Gasteiger partial charge < -0.3 is 4.74 Å². The third-order valence-electron chi connectivity index (χ3n) is 2.22. The molecule has 1 atom stereocenters. The normalized spacial score (nSPS) is 13.2. The Morgan fingerprint density at radius 1 is 1.27 bits per heavy atom. The van der Waals surface area contributed by atoms with Gasteiger partial charge in [0.25, 0.3) is 0 Å². The highest BCUT2D eigenvalue weighted by atomic mass is 28.3. The molecule has 0 aliphatic rings. The molecule has 0 N–H and O–H groups in total. The van der Waals surface area contributed by atoms with E-state index in [0.717, 1.165) is 0 Å². The first-order valence-corrected chi connectivity index (χ1v) is 8.73. The molecule has 1 unspecified atom stereocenters. The highest BCUT2D eigenvalue weighted by molar-refractivity contribution is 6.77. The lowest BCUT2D eigenvalue weighted by molar-refractivity contribution is 0.130. The maximum atomic E-state index is 5.77. The summed E-state index contributed by atoms with van der Waals surface area (Å²) in [6.45, 7) is 7.27. The topological polar surface area (TPSA) is 9.23 Å². The van der Waals surface area contributed by atoms with E-state index >= 15 is 0 Å². The number of hydrogen-bond acceptors (Lipinski definition) is 1. The van der Waals surface area contributed by atoms with Crippen molar-refractivity contribution in [2.45, 2.75) is 25.4 Å². The van der Waals surface area contributed by atoms with Crippen LogP contribution in [0.25, 0.3) is 0 Å². The molecule has 80 valence electrons. The van der Waals surface area contributed by atoms with Crippen molar-refractivity contribution in [2.24, 2.45) is 0 Å². The van der Waals surface area contributed by atoms with Gasteiger partial charge in [0.15, 0.2) is 0 Å². The molecule has 15 heavy (non-hydrogen) atoms. The molecule has 0 bridgehead atoms. The predicted octanol–water partition coefficient (Wildman–Crippen LogP) is 3.25. The van der Waals surface area contributed by atoms with Crippen LogP contribution in [0.15, 0.2) is 30.3 Å². The van der Waals surface area contributed by atoms with Gasteiger partial charge in [-0.1, -0.05) is 55.9 Å². The van der Waals surface area contributed by atoms with Gasteiger partial charge in [-0.3, -0.25) is 0 Å². The van der Waals surface area contributed by atoms with E-state index in [2.05, 4.69) is 37.7 Å². The van der Waals surface area contributed by atoms with Crippen molar-refractivity contribution in [2.75, 3.05) is 6.61 Å². The molecule has 0 heterocycles. The van der Waals surface area contributed by atoms with Crippen LogP contribution < -0.4 is 0 Å². The van der Waals surface area contributed by atoms with E-state index in [1.54, 1.807) is 0 Å². The first-order valence-electron chi connectivity index (χ1n) is 5.15. The second-order valence-corrected chi connectivity index (χ2v) is 9.93. The highest BCUT2D eigenvalue weighted by Crippen LogP contribution is 2.27. The van der Waals surface area contributed by atoms with Crippen LogP contribution in [0.2, 0.25) is 19.6 Å². The van der Waals surface area contributed by atoms with Gasteiger partial charge in [-0.15, -0.1) is 6.42 Å². The summed E-state index contributed by atoms with van der Waals surface area (Å²) in [7, 11) is -1.38. The summed E-state index contributed by atoms with van der Waals surface area (Å²) in [5.74, 6) is 2.54. The van der Waals surface area contributed by atoms with Gasteiger partial charge in [0.2, 0.25) is 0 Å². The van der Waals surface area contributed by atoms with Gasteiger partial charge in [0.1, 0.15) is 6.61 Å². The minimum Gasteiger partial charge on any atom is -0.364 e. The van der Waals surface area contributed by atoms with Crippen molar-refractivity contribution < 1.29 is 4.74 Å². The molecule has 0 aliphatic carbocycles. The van der Waals surface area contributed by atoms with Gasteiger partial charge in [0.05, 0.1) is 13.8 Å². The Morgan fingerprint density at radius 2 is 1.87 bits per heavy atom. The van der Waals surface area contributed by atoms with Gasteiger partial charge in [-0.2, -0.15) is 0 Å². The van der Waals surface area contributed by atoms with Crippen LogP contribution in [0, 0.1) is 12.3 Å². The average Bonchev–Trinajstić information content (AvgIpc) is 2.18. The maximum Gasteiger partial charge on any atom is 0.107 e. The molecule has 0 fully saturated rings. The Hall–Kier alpha value is -1.04. The molecule has 1 aromatic rings. The zero-order valence-electron chi connectivity index (χ0n) is 9.66. The molecular weight excluding hydrogens is 200 g/mol. The third-order valence-corrected chi connectivity index (χ3v) is 4.30. The van der Waals surface area contributed by atoms with E-state index < -0.39 is 8.07 Å². The molecule has 1 nitrogen and oxygen atoms in total. The fourth-order valence-electron chi connectivity index (χ4n) is 1.61. The first kappa shape index (κ1) is 12.0. The van der Waals surface area contributed by atoms with E-state index in [-0.39, 0.29) is 5.73 Å². The minimum absolute atomic E-state index is 0.190. The monoisotopic (exact) mass is 218 g/mol. The van der Waals surface area contributed by atoms with Crippen molar-refractivity contribution in [3.05, 3.63) is 35.9 Å². The Kier molecular flexibility index (Phi) is 4.13. The molecule has 0 aliphatic heterocycles. The molecule has 1 rings (SSSR count). The molecule has 0 saturated carbocycles. The summed E-state index contributed by atoms with van der Waals surface area (Å²) in [4.78, 5) is 0. The number of hydrogen-bond donors (Lipinski definition) is 0. The van der Waals surface area contributed by atoms with Crippen LogP contribution in [0.3, 0.4) is 0 Å².